The Balaban J connectivity index is 2.40. The van der Waals surface area contributed by atoms with Gasteiger partial charge in [0.05, 0.1) is 6.54 Å². The molecule has 18 heavy (non-hydrogen) atoms. The molecule has 0 aromatic heterocycles. The van der Waals surface area contributed by atoms with E-state index in [4.69, 9.17) is 0 Å². The predicted molar refractivity (Wildman–Crippen MR) is 70.1 cm³/mol. The van der Waals surface area contributed by atoms with Crippen molar-refractivity contribution in [3.05, 3.63) is 24.3 Å². The Bertz CT molecular complexity index is 371. The number of benzene rings is 1. The molecular weight excluding hydrogens is 258 g/mol. The molecule has 3 nitrogen and oxygen atoms in total. The molecule has 0 saturated heterocycles. The normalized spacial score (nSPS) is 10.7. The van der Waals surface area contributed by atoms with E-state index in [-0.39, 0.29) is 12.5 Å². The molecule has 0 spiro atoms. The first-order valence-corrected chi connectivity index (χ1v) is 6.55. The molecule has 0 aliphatic heterocycles. The summed E-state index contributed by atoms with van der Waals surface area (Å²) in [4.78, 5) is 11.9. The number of halogens is 2. The van der Waals surface area contributed by atoms with Crippen LogP contribution in [0.4, 0.5) is 14.5 Å². The van der Waals surface area contributed by atoms with Crippen molar-refractivity contribution in [1.82, 2.24) is 5.32 Å². The van der Waals surface area contributed by atoms with Gasteiger partial charge < -0.3 is 10.6 Å². The molecule has 2 N–H and O–H groups in total. The molecule has 0 aliphatic carbocycles. The van der Waals surface area contributed by atoms with Crippen LogP contribution >= 0.6 is 11.8 Å². The van der Waals surface area contributed by atoms with Crippen LogP contribution in [0.5, 0.6) is 0 Å². The fraction of sp³-hybridized carbons (Fsp3) is 0.417. The summed E-state index contributed by atoms with van der Waals surface area (Å²) in [5.41, 5.74) is 0.608. The number of rotatable bonds is 7. The average molecular weight is 274 g/mol. The number of hydrogen-bond donors (Lipinski definition) is 2. The van der Waals surface area contributed by atoms with Crippen molar-refractivity contribution in [3.8, 4) is 0 Å². The number of hydrogen-bond acceptors (Lipinski definition) is 3. The molecule has 1 aromatic rings. The van der Waals surface area contributed by atoms with Crippen LogP contribution in [0.3, 0.4) is 0 Å². The van der Waals surface area contributed by atoms with Gasteiger partial charge in [0.25, 0.3) is 5.76 Å². The first-order valence-electron chi connectivity index (χ1n) is 5.67. The number of amides is 1. The van der Waals surface area contributed by atoms with E-state index >= 15 is 0 Å². The molecule has 0 heterocycles. The molecule has 0 atom stereocenters. The number of nitrogens with one attached hydrogen (secondary N) is 2. The van der Waals surface area contributed by atoms with Crippen LogP contribution in [0, 0.1) is 0 Å². The largest absolute Gasteiger partial charge is 0.325 e. The van der Waals surface area contributed by atoms with E-state index in [1.54, 1.807) is 24.3 Å². The SMILES string of the molecule is CCCNCC(=O)Nc1ccc(SC(F)F)cc1. The van der Waals surface area contributed by atoms with E-state index in [0.29, 0.717) is 22.3 Å². The standard InChI is InChI=1S/C12H16F2N2OS/c1-2-7-15-8-11(17)16-9-3-5-10(6-4-9)18-12(13)14/h3-6,12,15H,2,7-8H2,1H3,(H,16,17). The first kappa shape index (κ1) is 14.9. The van der Waals surface area contributed by atoms with Crippen molar-refractivity contribution < 1.29 is 13.6 Å². The van der Waals surface area contributed by atoms with Crippen LogP contribution in [-0.4, -0.2) is 24.8 Å². The number of thioether (sulfide) groups is 1. The second-order valence-corrected chi connectivity index (χ2v) is 4.69. The Hall–Kier alpha value is -1.14. The van der Waals surface area contributed by atoms with Gasteiger partial charge in [0.1, 0.15) is 0 Å². The molecule has 1 rings (SSSR count). The highest BCUT2D eigenvalue weighted by Gasteiger charge is 2.05. The maximum Gasteiger partial charge on any atom is 0.288 e. The summed E-state index contributed by atoms with van der Waals surface area (Å²) in [6.45, 7) is 3.06. The highest BCUT2D eigenvalue weighted by atomic mass is 32.2. The molecule has 1 aromatic carbocycles. The van der Waals surface area contributed by atoms with Crippen LogP contribution in [0.15, 0.2) is 29.2 Å². The van der Waals surface area contributed by atoms with E-state index in [2.05, 4.69) is 10.6 Å². The molecule has 0 radical (unpaired) electrons. The molecule has 0 fully saturated rings. The topological polar surface area (TPSA) is 41.1 Å². The van der Waals surface area contributed by atoms with Gasteiger partial charge in [-0.1, -0.05) is 18.7 Å². The molecule has 100 valence electrons. The first-order chi connectivity index (χ1) is 8.61. The summed E-state index contributed by atoms with van der Waals surface area (Å²) >= 11 is 0.484. The zero-order valence-corrected chi connectivity index (χ0v) is 10.9. The monoisotopic (exact) mass is 274 g/mol. The highest BCUT2D eigenvalue weighted by molar-refractivity contribution is 7.99. The van der Waals surface area contributed by atoms with Crippen LogP contribution in [0.2, 0.25) is 0 Å². The second-order valence-electron chi connectivity index (χ2n) is 3.63. The van der Waals surface area contributed by atoms with E-state index in [9.17, 15) is 13.6 Å². The number of anilines is 1. The van der Waals surface area contributed by atoms with E-state index in [1.165, 1.54) is 0 Å². The lowest BCUT2D eigenvalue weighted by Crippen LogP contribution is -2.28. The Morgan fingerprint density at radius 2 is 2.00 bits per heavy atom. The lowest BCUT2D eigenvalue weighted by molar-refractivity contribution is -0.115. The van der Waals surface area contributed by atoms with Crippen molar-refractivity contribution >= 4 is 23.4 Å². The molecule has 1 amide bonds. The molecule has 0 unspecified atom stereocenters. The minimum absolute atomic E-state index is 0.141. The van der Waals surface area contributed by atoms with Gasteiger partial charge in [0, 0.05) is 10.6 Å². The van der Waals surface area contributed by atoms with Crippen molar-refractivity contribution in [1.29, 1.82) is 0 Å². The van der Waals surface area contributed by atoms with Crippen LogP contribution in [0.1, 0.15) is 13.3 Å². The third kappa shape index (κ3) is 5.97. The van der Waals surface area contributed by atoms with Gasteiger partial charge in [-0.3, -0.25) is 4.79 Å². The predicted octanol–water partition coefficient (Wildman–Crippen LogP) is 2.94. The summed E-state index contributed by atoms with van der Waals surface area (Å²) in [5, 5.41) is 5.66. The van der Waals surface area contributed by atoms with Crippen molar-refractivity contribution in [2.24, 2.45) is 0 Å². The quantitative estimate of drug-likeness (QED) is 0.593. The van der Waals surface area contributed by atoms with E-state index < -0.39 is 5.76 Å². The van der Waals surface area contributed by atoms with E-state index in [0.717, 1.165) is 13.0 Å². The average Bonchev–Trinajstić information content (AvgIpc) is 2.31. The Kier molecular flexibility index (Phi) is 6.67. The fourth-order valence-electron chi connectivity index (χ4n) is 1.30. The van der Waals surface area contributed by atoms with Gasteiger partial charge in [0.2, 0.25) is 5.91 Å². The van der Waals surface area contributed by atoms with Gasteiger partial charge in [-0.15, -0.1) is 0 Å². The van der Waals surface area contributed by atoms with Gasteiger partial charge >= 0.3 is 0 Å². The second kappa shape index (κ2) is 8.05. The zero-order valence-electron chi connectivity index (χ0n) is 10.1. The third-order valence-corrected chi connectivity index (χ3v) is 2.80. The third-order valence-electron chi connectivity index (χ3n) is 2.08. The zero-order chi connectivity index (χ0) is 13.4. The minimum Gasteiger partial charge on any atom is -0.325 e. The fourth-order valence-corrected chi connectivity index (χ4v) is 1.80. The highest BCUT2D eigenvalue weighted by Crippen LogP contribution is 2.25. The summed E-state index contributed by atoms with van der Waals surface area (Å²) in [6.07, 6.45) is 0.965. The number of alkyl halides is 2. The summed E-state index contributed by atoms with van der Waals surface area (Å²) in [6, 6.07) is 6.35. The summed E-state index contributed by atoms with van der Waals surface area (Å²) in [7, 11) is 0. The summed E-state index contributed by atoms with van der Waals surface area (Å²) in [5.74, 6) is -2.57. The maximum absolute atomic E-state index is 12.1. The van der Waals surface area contributed by atoms with Crippen LogP contribution < -0.4 is 10.6 Å². The van der Waals surface area contributed by atoms with E-state index in [1.807, 2.05) is 6.92 Å². The maximum atomic E-state index is 12.1. The molecule has 6 heteroatoms. The molecule has 0 aliphatic rings. The van der Waals surface area contributed by atoms with Crippen molar-refractivity contribution in [2.45, 2.75) is 24.0 Å². The van der Waals surface area contributed by atoms with Gasteiger partial charge in [-0.05, 0) is 37.2 Å². The number of carbonyl (C=O) groups is 1. The van der Waals surface area contributed by atoms with Crippen molar-refractivity contribution in [3.63, 3.8) is 0 Å². The Morgan fingerprint density at radius 1 is 1.33 bits per heavy atom. The van der Waals surface area contributed by atoms with Crippen molar-refractivity contribution in [2.75, 3.05) is 18.4 Å². The molecular formula is C12H16F2N2OS. The lowest BCUT2D eigenvalue weighted by atomic mass is 10.3. The van der Waals surface area contributed by atoms with Gasteiger partial charge in [-0.25, -0.2) is 0 Å². The smallest absolute Gasteiger partial charge is 0.288 e. The number of carbonyl (C=O) groups excluding carboxylic acids is 1. The molecule has 0 bridgehead atoms. The van der Waals surface area contributed by atoms with Crippen LogP contribution in [-0.2, 0) is 4.79 Å². The van der Waals surface area contributed by atoms with Gasteiger partial charge in [-0.2, -0.15) is 8.78 Å². The summed E-state index contributed by atoms with van der Waals surface area (Å²) < 4.78 is 24.2. The van der Waals surface area contributed by atoms with Gasteiger partial charge in [0.15, 0.2) is 0 Å². The minimum atomic E-state index is -2.43. The Morgan fingerprint density at radius 3 is 2.56 bits per heavy atom. The van der Waals surface area contributed by atoms with Crippen LogP contribution in [0.25, 0.3) is 0 Å². The molecule has 0 saturated carbocycles. The Labute approximate surface area is 109 Å². The lowest BCUT2D eigenvalue weighted by Gasteiger charge is -2.07.